The van der Waals surface area contributed by atoms with E-state index in [1.165, 1.54) is 31.9 Å². The van der Waals surface area contributed by atoms with E-state index in [0.29, 0.717) is 62.7 Å². The van der Waals surface area contributed by atoms with Gasteiger partial charge >= 0.3 is 0 Å². The Hall–Kier alpha value is -3.65. The number of pyridine rings is 1. The molecule has 0 fully saturated rings. The molecule has 36 heavy (non-hydrogen) atoms. The monoisotopic (exact) mass is 491 g/mol. The van der Waals surface area contributed by atoms with Gasteiger partial charge in [-0.25, -0.2) is 4.39 Å². The number of aromatic nitrogens is 1. The molecule has 7 nitrogen and oxygen atoms in total. The molecule has 0 saturated carbocycles. The molecule has 1 amide bonds. The molecule has 2 aliphatic rings. The summed E-state index contributed by atoms with van der Waals surface area (Å²) in [4.78, 5) is 30.9. The minimum atomic E-state index is -0.397. The summed E-state index contributed by atoms with van der Waals surface area (Å²) in [5.41, 5.74) is 4.35. The van der Waals surface area contributed by atoms with Crippen molar-refractivity contribution in [2.24, 2.45) is 0 Å². The highest BCUT2D eigenvalue weighted by Crippen LogP contribution is 2.28. The van der Waals surface area contributed by atoms with E-state index in [1.807, 2.05) is 17.0 Å². The molecular weight excluding hydrogens is 461 g/mol. The fraction of sp³-hybridized carbons (Fsp3) is 0.357. The Balaban J connectivity index is 1.42. The Morgan fingerprint density at radius 1 is 0.917 bits per heavy atom. The number of fused-ring (bicyclic) bond motifs is 2. The van der Waals surface area contributed by atoms with E-state index < -0.39 is 5.82 Å². The molecule has 5 rings (SSSR count). The second kappa shape index (κ2) is 10.1. The Bertz CT molecular complexity index is 1350. The van der Waals surface area contributed by atoms with E-state index in [2.05, 4.69) is 17.0 Å². The minimum Gasteiger partial charge on any atom is -0.496 e. The van der Waals surface area contributed by atoms with Crippen molar-refractivity contribution >= 4 is 5.91 Å². The summed E-state index contributed by atoms with van der Waals surface area (Å²) in [6.45, 7) is 3.48. The molecule has 0 atom stereocenters. The Kier molecular flexibility index (Phi) is 6.78. The summed E-state index contributed by atoms with van der Waals surface area (Å²) in [6, 6.07) is 14.5. The number of benzene rings is 2. The van der Waals surface area contributed by atoms with Crippen LogP contribution in [0.2, 0.25) is 0 Å². The second-order valence-corrected chi connectivity index (χ2v) is 9.26. The minimum absolute atomic E-state index is 0.109. The Morgan fingerprint density at radius 2 is 1.69 bits per heavy atom. The zero-order valence-electron chi connectivity index (χ0n) is 20.6. The van der Waals surface area contributed by atoms with E-state index >= 15 is 0 Å². The number of hydrogen-bond acceptors (Lipinski definition) is 5. The van der Waals surface area contributed by atoms with Crippen molar-refractivity contribution in [1.82, 2.24) is 14.4 Å². The van der Waals surface area contributed by atoms with E-state index in [4.69, 9.17) is 9.47 Å². The Labute approximate surface area is 209 Å². The maximum absolute atomic E-state index is 13.8. The van der Waals surface area contributed by atoms with E-state index in [-0.39, 0.29) is 17.2 Å². The molecule has 0 spiro atoms. The molecule has 2 aromatic carbocycles. The number of carbonyl (C=O) groups excluding carboxylic acids is 1. The third kappa shape index (κ3) is 4.60. The van der Waals surface area contributed by atoms with Crippen molar-refractivity contribution in [3.8, 4) is 11.5 Å². The lowest BCUT2D eigenvalue weighted by Crippen LogP contribution is -2.38. The largest absolute Gasteiger partial charge is 0.496 e. The van der Waals surface area contributed by atoms with Gasteiger partial charge in [0.2, 0.25) is 0 Å². The van der Waals surface area contributed by atoms with Crippen LogP contribution >= 0.6 is 0 Å². The molecule has 1 aromatic heterocycles. The highest BCUT2D eigenvalue weighted by molar-refractivity contribution is 5.98. The SMILES string of the molecule is COc1cc(CN2CCc3c(C(=O)N4CCc5ccccc5C4)c(OC)cc(=O)n3CC2)ccc1F. The number of hydrogen-bond donors (Lipinski definition) is 0. The number of ether oxygens (including phenoxy) is 2. The van der Waals surface area contributed by atoms with Crippen LogP contribution in [0, 0.1) is 5.82 Å². The maximum atomic E-state index is 13.8. The number of methoxy groups -OCH3 is 2. The third-order valence-electron chi connectivity index (χ3n) is 7.16. The predicted octanol–water partition coefficient (Wildman–Crippen LogP) is 3.26. The van der Waals surface area contributed by atoms with E-state index in [9.17, 15) is 14.0 Å². The molecule has 3 aromatic rings. The molecule has 0 aliphatic carbocycles. The molecular formula is C28H30FN3O4. The normalized spacial score (nSPS) is 15.6. The van der Waals surface area contributed by atoms with Gasteiger partial charge in [-0.15, -0.1) is 0 Å². The van der Waals surface area contributed by atoms with Crippen LogP contribution in [0.4, 0.5) is 4.39 Å². The smallest absolute Gasteiger partial charge is 0.259 e. The quantitative estimate of drug-likeness (QED) is 0.548. The van der Waals surface area contributed by atoms with Gasteiger partial charge in [0.1, 0.15) is 11.3 Å². The summed E-state index contributed by atoms with van der Waals surface area (Å²) >= 11 is 0. The van der Waals surface area contributed by atoms with Crippen LogP contribution in [0.25, 0.3) is 0 Å². The lowest BCUT2D eigenvalue weighted by atomic mass is 9.98. The average molecular weight is 492 g/mol. The van der Waals surface area contributed by atoms with Gasteiger partial charge < -0.3 is 18.9 Å². The van der Waals surface area contributed by atoms with Crippen molar-refractivity contribution in [3.63, 3.8) is 0 Å². The van der Waals surface area contributed by atoms with Crippen LogP contribution in [0.1, 0.15) is 32.7 Å². The van der Waals surface area contributed by atoms with Gasteiger partial charge in [-0.3, -0.25) is 14.5 Å². The van der Waals surface area contributed by atoms with E-state index in [0.717, 1.165) is 17.5 Å². The topological polar surface area (TPSA) is 64.0 Å². The zero-order chi connectivity index (χ0) is 25.2. The van der Waals surface area contributed by atoms with Gasteiger partial charge in [0.05, 0.1) is 14.2 Å². The van der Waals surface area contributed by atoms with Gasteiger partial charge in [0, 0.05) is 57.4 Å². The highest BCUT2D eigenvalue weighted by atomic mass is 19.1. The summed E-state index contributed by atoms with van der Waals surface area (Å²) < 4.78 is 26.2. The van der Waals surface area contributed by atoms with Crippen molar-refractivity contribution in [2.75, 3.05) is 33.9 Å². The number of carbonyl (C=O) groups is 1. The number of halogens is 1. The molecule has 0 bridgehead atoms. The Morgan fingerprint density at radius 3 is 2.47 bits per heavy atom. The summed E-state index contributed by atoms with van der Waals surface area (Å²) in [6.07, 6.45) is 1.32. The fourth-order valence-electron chi connectivity index (χ4n) is 5.23. The van der Waals surface area contributed by atoms with Gasteiger partial charge in [-0.05, 0) is 35.2 Å². The van der Waals surface area contributed by atoms with Crippen LogP contribution in [-0.2, 0) is 32.5 Å². The third-order valence-corrected chi connectivity index (χ3v) is 7.16. The zero-order valence-corrected chi connectivity index (χ0v) is 20.6. The summed E-state index contributed by atoms with van der Waals surface area (Å²) in [5.74, 6) is 0.0304. The number of nitrogens with zero attached hydrogens (tertiary/aromatic N) is 3. The highest BCUT2D eigenvalue weighted by Gasteiger charge is 2.30. The first-order valence-corrected chi connectivity index (χ1v) is 12.2. The molecule has 0 unspecified atom stereocenters. The van der Waals surface area contributed by atoms with Crippen LogP contribution in [0.15, 0.2) is 53.3 Å². The van der Waals surface area contributed by atoms with Crippen LogP contribution in [0.3, 0.4) is 0 Å². The number of amides is 1. The average Bonchev–Trinajstić information content (AvgIpc) is 3.12. The molecule has 8 heteroatoms. The molecule has 3 heterocycles. The molecule has 0 N–H and O–H groups in total. The van der Waals surface area contributed by atoms with Crippen molar-refractivity contribution in [2.45, 2.75) is 32.5 Å². The van der Waals surface area contributed by atoms with Gasteiger partial charge in [-0.2, -0.15) is 0 Å². The molecule has 0 saturated heterocycles. The van der Waals surface area contributed by atoms with E-state index in [1.54, 1.807) is 16.7 Å². The summed E-state index contributed by atoms with van der Waals surface area (Å²) in [5, 5.41) is 0. The maximum Gasteiger partial charge on any atom is 0.259 e. The van der Waals surface area contributed by atoms with Crippen molar-refractivity contribution < 1.29 is 18.7 Å². The van der Waals surface area contributed by atoms with Gasteiger partial charge in [-0.1, -0.05) is 30.3 Å². The van der Waals surface area contributed by atoms with Crippen LogP contribution < -0.4 is 15.0 Å². The van der Waals surface area contributed by atoms with Crippen molar-refractivity contribution in [3.05, 3.63) is 92.6 Å². The lowest BCUT2D eigenvalue weighted by Gasteiger charge is -2.30. The summed E-state index contributed by atoms with van der Waals surface area (Å²) in [7, 11) is 2.95. The molecule has 2 aliphatic heterocycles. The first-order chi connectivity index (χ1) is 17.5. The van der Waals surface area contributed by atoms with Crippen molar-refractivity contribution in [1.29, 1.82) is 0 Å². The van der Waals surface area contributed by atoms with Crippen LogP contribution in [0.5, 0.6) is 11.5 Å². The van der Waals surface area contributed by atoms with Crippen LogP contribution in [-0.4, -0.2) is 54.1 Å². The van der Waals surface area contributed by atoms with Gasteiger partial charge in [0.25, 0.3) is 11.5 Å². The second-order valence-electron chi connectivity index (χ2n) is 9.26. The molecule has 188 valence electrons. The van der Waals surface area contributed by atoms with Gasteiger partial charge in [0.15, 0.2) is 11.6 Å². The first kappa shape index (κ1) is 24.1. The predicted molar refractivity (Wildman–Crippen MR) is 134 cm³/mol. The molecule has 0 radical (unpaired) electrons. The standard InChI is InChI=1S/C28H30FN3O4/c1-35-24-15-19(7-8-22(24)29)17-30-11-10-23-27(25(36-2)16-26(33)32(23)14-13-30)28(34)31-12-9-20-5-3-4-6-21(20)18-31/h3-8,15-16H,9-14,17-18H2,1-2H3. The number of rotatable bonds is 5. The lowest BCUT2D eigenvalue weighted by molar-refractivity contribution is 0.0728. The fourth-order valence-corrected chi connectivity index (χ4v) is 5.23. The first-order valence-electron chi connectivity index (χ1n) is 12.2.